The van der Waals surface area contributed by atoms with Crippen LogP contribution in [-0.2, 0) is 11.3 Å². The zero-order valence-electron chi connectivity index (χ0n) is 11.5. The molecule has 1 aliphatic heterocycles. The first-order chi connectivity index (χ1) is 9.75. The molecule has 3 rings (SSSR count). The summed E-state index contributed by atoms with van der Waals surface area (Å²) in [5, 5.41) is 0.143. The zero-order valence-corrected chi connectivity index (χ0v) is 12.3. The van der Waals surface area contributed by atoms with Crippen LogP contribution in [0.3, 0.4) is 0 Å². The van der Waals surface area contributed by atoms with Gasteiger partial charge in [0.15, 0.2) is 0 Å². The number of carbonyl (C=O) groups excluding carboxylic acids is 1. The molecule has 1 atom stereocenters. The molecule has 0 N–H and O–H groups in total. The summed E-state index contributed by atoms with van der Waals surface area (Å²) in [5.41, 5.74) is 3.68. The lowest BCUT2D eigenvalue weighted by Gasteiger charge is -2.25. The fraction of sp³-hybridized carbons (Fsp3) is 0.235. The van der Waals surface area contributed by atoms with Crippen LogP contribution >= 0.6 is 11.8 Å². The van der Waals surface area contributed by atoms with E-state index in [1.165, 1.54) is 16.7 Å². The summed E-state index contributed by atoms with van der Waals surface area (Å²) in [5.74, 6) is 0.804. The van der Waals surface area contributed by atoms with Gasteiger partial charge in [0.05, 0.1) is 5.75 Å². The van der Waals surface area contributed by atoms with E-state index in [0.717, 1.165) is 0 Å². The predicted octanol–water partition coefficient (Wildman–Crippen LogP) is 3.77. The second kappa shape index (κ2) is 5.71. The second-order valence-electron chi connectivity index (χ2n) is 5.03. The van der Waals surface area contributed by atoms with Crippen LogP contribution in [0, 0.1) is 6.92 Å². The minimum Gasteiger partial charge on any atom is -0.321 e. The summed E-state index contributed by atoms with van der Waals surface area (Å²) in [7, 11) is 0. The maximum Gasteiger partial charge on any atom is 0.234 e. The first-order valence-corrected chi connectivity index (χ1v) is 7.81. The van der Waals surface area contributed by atoms with E-state index in [1.54, 1.807) is 11.8 Å². The van der Waals surface area contributed by atoms with E-state index in [2.05, 4.69) is 31.2 Å². The average Bonchev–Trinajstić information content (AvgIpc) is 2.82. The summed E-state index contributed by atoms with van der Waals surface area (Å²) in [6, 6.07) is 18.5. The monoisotopic (exact) mass is 283 g/mol. The topological polar surface area (TPSA) is 20.3 Å². The number of thioether (sulfide) groups is 1. The van der Waals surface area contributed by atoms with Gasteiger partial charge in [-0.3, -0.25) is 4.79 Å². The van der Waals surface area contributed by atoms with Crippen molar-refractivity contribution in [3.63, 3.8) is 0 Å². The summed E-state index contributed by atoms with van der Waals surface area (Å²) >= 11 is 1.72. The smallest absolute Gasteiger partial charge is 0.234 e. The molecule has 2 nitrogen and oxygen atoms in total. The van der Waals surface area contributed by atoms with E-state index in [0.29, 0.717) is 12.3 Å². The molecule has 0 radical (unpaired) electrons. The van der Waals surface area contributed by atoms with Crippen LogP contribution < -0.4 is 0 Å². The molecule has 2 aromatic carbocycles. The van der Waals surface area contributed by atoms with Gasteiger partial charge < -0.3 is 4.90 Å². The molecular weight excluding hydrogens is 266 g/mol. The molecule has 0 spiro atoms. The molecule has 1 aliphatic rings. The van der Waals surface area contributed by atoms with E-state index >= 15 is 0 Å². The highest BCUT2D eigenvalue weighted by molar-refractivity contribution is 8.00. The van der Waals surface area contributed by atoms with Crippen molar-refractivity contribution in [2.75, 3.05) is 5.75 Å². The number of carbonyl (C=O) groups is 1. The van der Waals surface area contributed by atoms with Crippen molar-refractivity contribution in [3.05, 3.63) is 71.3 Å². The van der Waals surface area contributed by atoms with Crippen LogP contribution in [0.1, 0.15) is 22.1 Å². The zero-order chi connectivity index (χ0) is 13.9. The van der Waals surface area contributed by atoms with Crippen molar-refractivity contribution in [2.24, 2.45) is 0 Å². The summed E-state index contributed by atoms with van der Waals surface area (Å²) in [4.78, 5) is 14.2. The van der Waals surface area contributed by atoms with E-state index < -0.39 is 0 Å². The number of amides is 1. The number of nitrogens with zero attached hydrogens (tertiary/aromatic N) is 1. The molecule has 1 amide bonds. The Morgan fingerprint density at radius 2 is 1.80 bits per heavy atom. The van der Waals surface area contributed by atoms with Crippen molar-refractivity contribution >= 4 is 17.7 Å². The van der Waals surface area contributed by atoms with Crippen LogP contribution in [0.2, 0.25) is 0 Å². The predicted molar refractivity (Wildman–Crippen MR) is 83.4 cm³/mol. The Hall–Kier alpha value is -1.74. The summed E-state index contributed by atoms with van der Waals surface area (Å²) in [6.45, 7) is 2.80. The number of benzene rings is 2. The van der Waals surface area contributed by atoms with Crippen LogP contribution in [-0.4, -0.2) is 16.6 Å². The molecule has 1 unspecified atom stereocenters. The third-order valence-corrected chi connectivity index (χ3v) is 4.86. The Balaban J connectivity index is 1.88. The lowest BCUT2D eigenvalue weighted by Crippen LogP contribution is -2.27. The molecule has 20 heavy (non-hydrogen) atoms. The Kier molecular flexibility index (Phi) is 3.79. The highest BCUT2D eigenvalue weighted by Gasteiger charge is 2.33. The van der Waals surface area contributed by atoms with Crippen molar-refractivity contribution in [1.82, 2.24) is 4.90 Å². The Bertz CT molecular complexity index is 611. The minimum absolute atomic E-state index is 0.143. The van der Waals surface area contributed by atoms with E-state index in [4.69, 9.17) is 0 Å². The van der Waals surface area contributed by atoms with Gasteiger partial charge in [0.1, 0.15) is 5.37 Å². The van der Waals surface area contributed by atoms with Gasteiger partial charge in [0.2, 0.25) is 5.91 Å². The fourth-order valence-corrected chi connectivity index (χ4v) is 3.81. The van der Waals surface area contributed by atoms with E-state index in [1.807, 2.05) is 35.2 Å². The molecular formula is C17H17NOS. The maximum atomic E-state index is 12.2. The van der Waals surface area contributed by atoms with Crippen molar-refractivity contribution in [2.45, 2.75) is 18.8 Å². The molecule has 1 fully saturated rings. The van der Waals surface area contributed by atoms with Gasteiger partial charge in [-0.05, 0) is 23.6 Å². The molecule has 0 aliphatic carbocycles. The van der Waals surface area contributed by atoms with Gasteiger partial charge in [-0.2, -0.15) is 0 Å². The highest BCUT2D eigenvalue weighted by Crippen LogP contribution is 2.40. The van der Waals surface area contributed by atoms with Crippen molar-refractivity contribution in [3.8, 4) is 0 Å². The molecule has 0 saturated carbocycles. The van der Waals surface area contributed by atoms with Crippen LogP contribution in [0.5, 0.6) is 0 Å². The number of rotatable bonds is 3. The van der Waals surface area contributed by atoms with Crippen LogP contribution in [0.4, 0.5) is 0 Å². The second-order valence-corrected chi connectivity index (χ2v) is 6.10. The highest BCUT2D eigenvalue weighted by atomic mass is 32.2. The van der Waals surface area contributed by atoms with Gasteiger partial charge in [-0.25, -0.2) is 0 Å². The number of aryl methyl sites for hydroxylation is 1. The minimum atomic E-state index is 0.143. The Morgan fingerprint density at radius 1 is 1.10 bits per heavy atom. The molecule has 3 heteroatoms. The van der Waals surface area contributed by atoms with E-state index in [9.17, 15) is 4.79 Å². The average molecular weight is 283 g/mol. The van der Waals surface area contributed by atoms with Gasteiger partial charge in [0, 0.05) is 6.54 Å². The number of hydrogen-bond acceptors (Lipinski definition) is 2. The first-order valence-electron chi connectivity index (χ1n) is 6.76. The SMILES string of the molecule is Cc1ccccc1C1SCC(=O)N1Cc1ccccc1. The van der Waals surface area contributed by atoms with Gasteiger partial charge in [-0.15, -0.1) is 11.8 Å². The number of hydrogen-bond donors (Lipinski definition) is 0. The normalized spacial score (nSPS) is 18.6. The molecule has 1 heterocycles. The Labute approximate surface area is 123 Å². The van der Waals surface area contributed by atoms with Gasteiger partial charge in [-0.1, -0.05) is 54.6 Å². The van der Waals surface area contributed by atoms with Gasteiger partial charge >= 0.3 is 0 Å². The van der Waals surface area contributed by atoms with Crippen molar-refractivity contribution in [1.29, 1.82) is 0 Å². The molecule has 2 aromatic rings. The third-order valence-electron chi connectivity index (χ3n) is 3.62. The van der Waals surface area contributed by atoms with Crippen LogP contribution in [0.25, 0.3) is 0 Å². The molecule has 0 bridgehead atoms. The Morgan fingerprint density at radius 3 is 2.55 bits per heavy atom. The standard InChI is InChI=1S/C17H17NOS/c1-13-7-5-6-10-15(13)17-18(16(19)12-20-17)11-14-8-3-2-4-9-14/h2-10,17H,11-12H2,1H3. The largest absolute Gasteiger partial charge is 0.321 e. The molecule has 102 valence electrons. The van der Waals surface area contributed by atoms with E-state index in [-0.39, 0.29) is 11.3 Å². The van der Waals surface area contributed by atoms with Crippen LogP contribution in [0.15, 0.2) is 54.6 Å². The lowest BCUT2D eigenvalue weighted by atomic mass is 10.1. The third kappa shape index (κ3) is 2.59. The first kappa shape index (κ1) is 13.3. The summed E-state index contributed by atoms with van der Waals surface area (Å²) in [6.07, 6.45) is 0. The van der Waals surface area contributed by atoms with Crippen molar-refractivity contribution < 1.29 is 4.79 Å². The molecule has 0 aromatic heterocycles. The molecule has 1 saturated heterocycles. The fourth-order valence-electron chi connectivity index (χ4n) is 2.53. The lowest BCUT2D eigenvalue weighted by molar-refractivity contribution is -0.128. The quantitative estimate of drug-likeness (QED) is 0.854. The van der Waals surface area contributed by atoms with Gasteiger partial charge in [0.25, 0.3) is 0 Å². The maximum absolute atomic E-state index is 12.2. The summed E-state index contributed by atoms with van der Waals surface area (Å²) < 4.78 is 0.